The fourth-order valence-corrected chi connectivity index (χ4v) is 2.44. The lowest BCUT2D eigenvalue weighted by Crippen LogP contribution is -2.01. The molecule has 1 heterocycles. The van der Waals surface area contributed by atoms with E-state index in [0.29, 0.717) is 0 Å². The largest absolute Gasteiger partial charge is 0.392 e. The first kappa shape index (κ1) is 11.6. The Balaban J connectivity index is 2.84. The minimum absolute atomic E-state index is 0.0635. The second-order valence-electron chi connectivity index (χ2n) is 3.83. The molecular formula is C13H14BrNO. The lowest BCUT2D eigenvalue weighted by molar-refractivity contribution is 0.279. The number of nitrogens with zero attached hydrogens (tertiary/aromatic N) is 1. The molecule has 0 saturated carbocycles. The Morgan fingerprint density at radius 3 is 2.69 bits per heavy atom. The predicted molar refractivity (Wildman–Crippen MR) is 69.5 cm³/mol. The summed E-state index contributed by atoms with van der Waals surface area (Å²) in [6.07, 6.45) is 0.914. The normalized spacial score (nSPS) is 11.0. The Kier molecular flexibility index (Phi) is 3.26. The standard InChI is InChI=1S/C13H14BrNO/c1-3-10-11-5-4-9(14)6-13(11)15-8(2)12(10)7-16/h4-6,16H,3,7H2,1-2H3. The van der Waals surface area contributed by atoms with Gasteiger partial charge < -0.3 is 5.11 Å². The maximum absolute atomic E-state index is 9.40. The average Bonchev–Trinajstić information content (AvgIpc) is 2.26. The number of rotatable bonds is 2. The van der Waals surface area contributed by atoms with E-state index in [-0.39, 0.29) is 6.61 Å². The first-order valence-corrected chi connectivity index (χ1v) is 6.15. The quantitative estimate of drug-likeness (QED) is 0.915. The molecule has 84 valence electrons. The molecule has 0 aliphatic heterocycles. The van der Waals surface area contributed by atoms with Crippen LogP contribution in [-0.4, -0.2) is 10.1 Å². The van der Waals surface area contributed by atoms with Crippen LogP contribution in [0.3, 0.4) is 0 Å². The third-order valence-electron chi connectivity index (χ3n) is 2.89. The van der Waals surface area contributed by atoms with Crippen LogP contribution >= 0.6 is 15.9 Å². The zero-order valence-corrected chi connectivity index (χ0v) is 11.0. The topological polar surface area (TPSA) is 33.1 Å². The van der Waals surface area contributed by atoms with E-state index in [2.05, 4.69) is 33.9 Å². The van der Waals surface area contributed by atoms with Crippen LogP contribution in [-0.2, 0) is 13.0 Å². The van der Waals surface area contributed by atoms with Crippen molar-refractivity contribution in [1.29, 1.82) is 0 Å². The van der Waals surface area contributed by atoms with E-state index in [9.17, 15) is 5.11 Å². The van der Waals surface area contributed by atoms with Crippen LogP contribution in [0.4, 0.5) is 0 Å². The van der Waals surface area contributed by atoms with Gasteiger partial charge in [0.25, 0.3) is 0 Å². The fraction of sp³-hybridized carbons (Fsp3) is 0.308. The van der Waals surface area contributed by atoms with E-state index in [0.717, 1.165) is 33.1 Å². The molecule has 16 heavy (non-hydrogen) atoms. The van der Waals surface area contributed by atoms with Gasteiger partial charge in [-0.15, -0.1) is 0 Å². The third kappa shape index (κ3) is 1.85. The predicted octanol–water partition coefficient (Wildman–Crippen LogP) is 3.36. The lowest BCUT2D eigenvalue weighted by Gasteiger charge is -2.12. The molecule has 1 aromatic heterocycles. The maximum atomic E-state index is 9.40. The lowest BCUT2D eigenvalue weighted by atomic mass is 9.99. The highest BCUT2D eigenvalue weighted by molar-refractivity contribution is 9.10. The van der Waals surface area contributed by atoms with Gasteiger partial charge in [-0.3, -0.25) is 4.98 Å². The summed E-state index contributed by atoms with van der Waals surface area (Å²) in [4.78, 5) is 4.53. The summed E-state index contributed by atoms with van der Waals surface area (Å²) in [6.45, 7) is 4.12. The van der Waals surface area contributed by atoms with Crippen molar-refractivity contribution in [2.75, 3.05) is 0 Å². The highest BCUT2D eigenvalue weighted by Crippen LogP contribution is 2.26. The zero-order valence-electron chi connectivity index (χ0n) is 9.42. The van der Waals surface area contributed by atoms with Gasteiger partial charge in [-0.1, -0.05) is 28.9 Å². The van der Waals surface area contributed by atoms with Gasteiger partial charge in [0.05, 0.1) is 12.1 Å². The molecule has 2 nitrogen and oxygen atoms in total. The number of aryl methyl sites for hydroxylation is 2. The molecule has 0 amide bonds. The highest BCUT2D eigenvalue weighted by atomic mass is 79.9. The number of aliphatic hydroxyl groups excluding tert-OH is 1. The minimum atomic E-state index is 0.0635. The highest BCUT2D eigenvalue weighted by Gasteiger charge is 2.10. The molecule has 0 saturated heterocycles. The van der Waals surface area contributed by atoms with Crippen LogP contribution in [0.5, 0.6) is 0 Å². The Morgan fingerprint density at radius 2 is 2.06 bits per heavy atom. The Morgan fingerprint density at radius 1 is 1.31 bits per heavy atom. The van der Waals surface area contributed by atoms with E-state index in [1.807, 2.05) is 19.1 Å². The number of aromatic nitrogens is 1. The fourth-order valence-electron chi connectivity index (χ4n) is 2.10. The van der Waals surface area contributed by atoms with Crippen molar-refractivity contribution in [3.8, 4) is 0 Å². The molecule has 2 rings (SSSR count). The van der Waals surface area contributed by atoms with Crippen molar-refractivity contribution in [2.24, 2.45) is 0 Å². The van der Waals surface area contributed by atoms with Crippen LogP contribution in [0.25, 0.3) is 10.9 Å². The van der Waals surface area contributed by atoms with Crippen LogP contribution in [0.15, 0.2) is 22.7 Å². The first-order valence-electron chi connectivity index (χ1n) is 5.35. The molecule has 0 bridgehead atoms. The van der Waals surface area contributed by atoms with E-state index < -0.39 is 0 Å². The number of aliphatic hydroxyl groups is 1. The molecule has 0 unspecified atom stereocenters. The van der Waals surface area contributed by atoms with Gasteiger partial charge in [0.2, 0.25) is 0 Å². The van der Waals surface area contributed by atoms with E-state index in [1.54, 1.807) is 0 Å². The second kappa shape index (κ2) is 4.52. The van der Waals surface area contributed by atoms with Gasteiger partial charge in [0.1, 0.15) is 0 Å². The maximum Gasteiger partial charge on any atom is 0.0719 e. The third-order valence-corrected chi connectivity index (χ3v) is 3.38. The van der Waals surface area contributed by atoms with Crippen LogP contribution in [0.2, 0.25) is 0 Å². The molecule has 2 aromatic rings. The van der Waals surface area contributed by atoms with Crippen LogP contribution in [0.1, 0.15) is 23.7 Å². The van der Waals surface area contributed by atoms with Crippen molar-refractivity contribution < 1.29 is 5.11 Å². The smallest absolute Gasteiger partial charge is 0.0719 e. The Labute approximate surface area is 103 Å². The number of hydrogen-bond acceptors (Lipinski definition) is 2. The monoisotopic (exact) mass is 279 g/mol. The Hall–Kier alpha value is -0.930. The number of benzene rings is 1. The van der Waals surface area contributed by atoms with Gasteiger partial charge in [-0.25, -0.2) is 0 Å². The second-order valence-corrected chi connectivity index (χ2v) is 4.74. The molecule has 0 atom stereocenters. The van der Waals surface area contributed by atoms with Gasteiger partial charge in [-0.05, 0) is 31.0 Å². The number of fused-ring (bicyclic) bond motifs is 1. The van der Waals surface area contributed by atoms with E-state index in [4.69, 9.17) is 0 Å². The van der Waals surface area contributed by atoms with E-state index in [1.165, 1.54) is 5.56 Å². The summed E-state index contributed by atoms with van der Waals surface area (Å²) in [5.74, 6) is 0. The van der Waals surface area contributed by atoms with Gasteiger partial charge in [0, 0.05) is 21.1 Å². The van der Waals surface area contributed by atoms with Crippen molar-refractivity contribution >= 4 is 26.8 Å². The molecule has 1 N–H and O–H groups in total. The molecule has 0 aliphatic rings. The summed E-state index contributed by atoms with van der Waals surface area (Å²) in [6, 6.07) is 6.09. The average molecular weight is 280 g/mol. The number of pyridine rings is 1. The van der Waals surface area contributed by atoms with Crippen molar-refractivity contribution in [3.05, 3.63) is 39.5 Å². The molecule has 0 radical (unpaired) electrons. The van der Waals surface area contributed by atoms with Crippen molar-refractivity contribution in [1.82, 2.24) is 4.98 Å². The number of hydrogen-bond donors (Lipinski definition) is 1. The van der Waals surface area contributed by atoms with Gasteiger partial charge in [-0.2, -0.15) is 0 Å². The summed E-state index contributed by atoms with van der Waals surface area (Å²) in [5, 5.41) is 10.5. The summed E-state index contributed by atoms with van der Waals surface area (Å²) in [7, 11) is 0. The van der Waals surface area contributed by atoms with Crippen LogP contribution < -0.4 is 0 Å². The summed E-state index contributed by atoms with van der Waals surface area (Å²) in [5.41, 5.74) is 4.08. The van der Waals surface area contributed by atoms with Gasteiger partial charge >= 0.3 is 0 Å². The van der Waals surface area contributed by atoms with Crippen LogP contribution in [0, 0.1) is 6.92 Å². The first-order chi connectivity index (χ1) is 7.67. The summed E-state index contributed by atoms with van der Waals surface area (Å²) >= 11 is 3.45. The van der Waals surface area contributed by atoms with Gasteiger partial charge in [0.15, 0.2) is 0 Å². The number of halogens is 1. The summed E-state index contributed by atoms with van der Waals surface area (Å²) < 4.78 is 1.03. The SMILES string of the molecule is CCc1c(CO)c(C)nc2cc(Br)ccc12. The molecular weight excluding hydrogens is 266 g/mol. The Bertz CT molecular complexity index is 537. The molecule has 1 aromatic carbocycles. The molecule has 3 heteroatoms. The minimum Gasteiger partial charge on any atom is -0.392 e. The van der Waals surface area contributed by atoms with E-state index >= 15 is 0 Å². The zero-order chi connectivity index (χ0) is 11.7. The molecule has 0 aliphatic carbocycles. The van der Waals surface area contributed by atoms with Crippen molar-refractivity contribution in [3.63, 3.8) is 0 Å². The molecule has 0 spiro atoms. The van der Waals surface area contributed by atoms with Crippen molar-refractivity contribution in [2.45, 2.75) is 26.9 Å². The molecule has 0 fully saturated rings.